The molecular weight excluding hydrogens is 248 g/mol. The third-order valence-electron chi connectivity index (χ3n) is 3.26. The Hall–Kier alpha value is -2.10. The van der Waals surface area contributed by atoms with Crippen LogP contribution in [0.4, 0.5) is 11.6 Å². The molecule has 0 amide bonds. The number of nitrogens with zero attached hydrogens (tertiary/aromatic N) is 3. The minimum absolute atomic E-state index is 0.406. The first-order valence-electron chi connectivity index (χ1n) is 7.04. The molecule has 106 valence electrons. The van der Waals surface area contributed by atoms with E-state index >= 15 is 0 Å². The third-order valence-corrected chi connectivity index (χ3v) is 3.26. The van der Waals surface area contributed by atoms with E-state index in [2.05, 4.69) is 36.0 Å². The molecule has 0 atom stereocenters. The van der Waals surface area contributed by atoms with Gasteiger partial charge in [-0.2, -0.15) is 0 Å². The van der Waals surface area contributed by atoms with Crippen LogP contribution in [-0.2, 0) is 0 Å². The van der Waals surface area contributed by atoms with E-state index in [-0.39, 0.29) is 0 Å². The first kappa shape index (κ1) is 14.3. The van der Waals surface area contributed by atoms with Crippen molar-refractivity contribution >= 4 is 11.6 Å². The lowest BCUT2D eigenvalue weighted by atomic mass is 10.2. The van der Waals surface area contributed by atoms with Gasteiger partial charge in [0, 0.05) is 31.3 Å². The predicted octanol–water partition coefficient (Wildman–Crippen LogP) is 3.42. The Morgan fingerprint density at radius 2 is 1.85 bits per heavy atom. The van der Waals surface area contributed by atoms with E-state index in [0.717, 1.165) is 29.6 Å². The van der Waals surface area contributed by atoms with Gasteiger partial charge in [0.1, 0.15) is 11.6 Å². The van der Waals surface area contributed by atoms with Crippen LogP contribution in [0.5, 0.6) is 0 Å². The summed E-state index contributed by atoms with van der Waals surface area (Å²) in [6, 6.07) is 12.5. The van der Waals surface area contributed by atoms with Crippen molar-refractivity contribution < 1.29 is 0 Å². The van der Waals surface area contributed by atoms with Gasteiger partial charge in [-0.25, -0.2) is 9.97 Å². The second kappa shape index (κ2) is 6.37. The van der Waals surface area contributed by atoms with Crippen LogP contribution in [0.15, 0.2) is 36.4 Å². The SMILES string of the molecule is CCN(c1cc(NC)nc(-c2ccccc2)n1)C(C)C. The Kier molecular flexibility index (Phi) is 4.56. The van der Waals surface area contributed by atoms with Crippen LogP contribution in [0, 0.1) is 0 Å². The monoisotopic (exact) mass is 270 g/mol. The van der Waals surface area contributed by atoms with Crippen molar-refractivity contribution in [2.24, 2.45) is 0 Å². The Labute approximate surface area is 120 Å². The fourth-order valence-electron chi connectivity index (χ4n) is 2.22. The number of hydrogen-bond donors (Lipinski definition) is 1. The van der Waals surface area contributed by atoms with Gasteiger partial charge in [0.05, 0.1) is 0 Å². The Morgan fingerprint density at radius 3 is 2.40 bits per heavy atom. The molecule has 0 bridgehead atoms. The topological polar surface area (TPSA) is 41.0 Å². The lowest BCUT2D eigenvalue weighted by Crippen LogP contribution is -2.31. The molecule has 0 saturated heterocycles. The summed E-state index contributed by atoms with van der Waals surface area (Å²) in [6.45, 7) is 7.41. The Morgan fingerprint density at radius 1 is 1.15 bits per heavy atom. The molecule has 2 aromatic rings. The van der Waals surface area contributed by atoms with Gasteiger partial charge in [0.15, 0.2) is 5.82 Å². The van der Waals surface area contributed by atoms with Crippen LogP contribution >= 0.6 is 0 Å². The zero-order chi connectivity index (χ0) is 14.5. The summed E-state index contributed by atoms with van der Waals surface area (Å²) in [7, 11) is 1.88. The molecule has 1 aromatic carbocycles. The quantitative estimate of drug-likeness (QED) is 0.904. The van der Waals surface area contributed by atoms with Gasteiger partial charge in [-0.3, -0.25) is 0 Å². The maximum atomic E-state index is 4.72. The second-order valence-electron chi connectivity index (χ2n) is 4.93. The van der Waals surface area contributed by atoms with Crippen molar-refractivity contribution in [3.63, 3.8) is 0 Å². The largest absolute Gasteiger partial charge is 0.373 e. The van der Waals surface area contributed by atoms with E-state index in [9.17, 15) is 0 Å². The molecule has 1 N–H and O–H groups in total. The zero-order valence-corrected chi connectivity index (χ0v) is 12.6. The minimum atomic E-state index is 0.406. The molecule has 1 heterocycles. The number of anilines is 2. The van der Waals surface area contributed by atoms with Crippen molar-refractivity contribution in [2.45, 2.75) is 26.8 Å². The average molecular weight is 270 g/mol. The van der Waals surface area contributed by atoms with Gasteiger partial charge in [-0.05, 0) is 20.8 Å². The van der Waals surface area contributed by atoms with E-state index in [1.54, 1.807) is 0 Å². The molecule has 0 saturated carbocycles. The lowest BCUT2D eigenvalue weighted by Gasteiger charge is -2.26. The molecule has 1 aromatic heterocycles. The van der Waals surface area contributed by atoms with Gasteiger partial charge in [-0.15, -0.1) is 0 Å². The van der Waals surface area contributed by atoms with Crippen molar-refractivity contribution in [3.05, 3.63) is 36.4 Å². The van der Waals surface area contributed by atoms with Crippen LogP contribution in [0.1, 0.15) is 20.8 Å². The van der Waals surface area contributed by atoms with Gasteiger partial charge >= 0.3 is 0 Å². The molecule has 20 heavy (non-hydrogen) atoms. The summed E-state index contributed by atoms with van der Waals surface area (Å²) in [5.41, 5.74) is 1.03. The summed E-state index contributed by atoms with van der Waals surface area (Å²) in [5.74, 6) is 2.56. The van der Waals surface area contributed by atoms with E-state index < -0.39 is 0 Å². The molecule has 0 aliphatic heterocycles. The molecule has 0 aliphatic rings. The predicted molar refractivity (Wildman–Crippen MR) is 85.2 cm³/mol. The highest BCUT2D eigenvalue weighted by atomic mass is 15.2. The Bertz CT molecular complexity index is 552. The first-order valence-corrected chi connectivity index (χ1v) is 7.04. The number of benzene rings is 1. The highest BCUT2D eigenvalue weighted by Gasteiger charge is 2.13. The van der Waals surface area contributed by atoms with Crippen molar-refractivity contribution in [1.29, 1.82) is 0 Å². The van der Waals surface area contributed by atoms with Crippen molar-refractivity contribution in [2.75, 3.05) is 23.8 Å². The first-order chi connectivity index (χ1) is 9.65. The second-order valence-corrected chi connectivity index (χ2v) is 4.93. The summed E-state index contributed by atoms with van der Waals surface area (Å²) < 4.78 is 0. The van der Waals surface area contributed by atoms with E-state index in [1.807, 2.05) is 43.4 Å². The average Bonchev–Trinajstić information content (AvgIpc) is 2.48. The molecule has 0 spiro atoms. The smallest absolute Gasteiger partial charge is 0.163 e. The molecule has 4 heteroatoms. The van der Waals surface area contributed by atoms with Gasteiger partial charge in [0.2, 0.25) is 0 Å². The molecule has 2 rings (SSSR count). The molecule has 0 radical (unpaired) electrons. The number of aromatic nitrogens is 2. The maximum Gasteiger partial charge on any atom is 0.163 e. The van der Waals surface area contributed by atoms with Gasteiger partial charge in [-0.1, -0.05) is 30.3 Å². The fraction of sp³-hybridized carbons (Fsp3) is 0.375. The van der Waals surface area contributed by atoms with Gasteiger partial charge < -0.3 is 10.2 Å². The zero-order valence-electron chi connectivity index (χ0n) is 12.6. The third kappa shape index (κ3) is 3.07. The van der Waals surface area contributed by atoms with E-state index in [1.165, 1.54) is 0 Å². The number of rotatable bonds is 5. The fourth-order valence-corrected chi connectivity index (χ4v) is 2.22. The molecular formula is C16H22N4. The summed E-state index contributed by atoms with van der Waals surface area (Å²) in [6.07, 6.45) is 0. The molecule has 0 fully saturated rings. The maximum absolute atomic E-state index is 4.72. The highest BCUT2D eigenvalue weighted by Crippen LogP contribution is 2.23. The molecule has 0 aliphatic carbocycles. The van der Waals surface area contributed by atoms with Crippen molar-refractivity contribution in [3.8, 4) is 11.4 Å². The van der Waals surface area contributed by atoms with Crippen LogP contribution in [0.2, 0.25) is 0 Å². The van der Waals surface area contributed by atoms with E-state index in [0.29, 0.717) is 6.04 Å². The normalized spacial score (nSPS) is 10.7. The number of hydrogen-bond acceptors (Lipinski definition) is 4. The summed E-state index contributed by atoms with van der Waals surface area (Å²) >= 11 is 0. The van der Waals surface area contributed by atoms with Gasteiger partial charge in [0.25, 0.3) is 0 Å². The van der Waals surface area contributed by atoms with Crippen LogP contribution in [-0.4, -0.2) is 29.6 Å². The van der Waals surface area contributed by atoms with Crippen LogP contribution < -0.4 is 10.2 Å². The minimum Gasteiger partial charge on any atom is -0.373 e. The standard InChI is InChI=1S/C16H22N4/c1-5-20(12(2)3)15-11-14(17-4)18-16(19-15)13-9-7-6-8-10-13/h6-12H,5H2,1-4H3,(H,17,18,19). The highest BCUT2D eigenvalue weighted by molar-refractivity contribution is 5.61. The van der Waals surface area contributed by atoms with E-state index in [4.69, 9.17) is 4.98 Å². The van der Waals surface area contributed by atoms with Crippen LogP contribution in [0.25, 0.3) is 11.4 Å². The molecule has 4 nitrogen and oxygen atoms in total. The van der Waals surface area contributed by atoms with Crippen LogP contribution in [0.3, 0.4) is 0 Å². The molecule has 0 unspecified atom stereocenters. The summed E-state index contributed by atoms with van der Waals surface area (Å²) in [5, 5.41) is 3.12. The number of nitrogens with one attached hydrogen (secondary N) is 1. The summed E-state index contributed by atoms with van der Waals surface area (Å²) in [4.78, 5) is 11.5. The van der Waals surface area contributed by atoms with Crippen molar-refractivity contribution in [1.82, 2.24) is 9.97 Å². The lowest BCUT2D eigenvalue weighted by molar-refractivity contribution is 0.693. The Balaban J connectivity index is 2.49.